The van der Waals surface area contributed by atoms with Gasteiger partial charge in [-0.3, -0.25) is 24.8 Å². The molecule has 1 aromatic heterocycles. The first-order valence-corrected chi connectivity index (χ1v) is 4.62. The number of amides is 1. The molecular weight excluding hydrogens is 232 g/mol. The summed E-state index contributed by atoms with van der Waals surface area (Å²) in [5, 5.41) is 27.1. The molecule has 0 fully saturated rings. The minimum Gasteiger partial charge on any atom is -0.481 e. The average Bonchev–Trinajstić information content (AvgIpc) is 2.59. The van der Waals surface area contributed by atoms with Crippen molar-refractivity contribution >= 4 is 17.6 Å². The van der Waals surface area contributed by atoms with Crippen molar-refractivity contribution in [3.8, 4) is 0 Å². The summed E-state index contributed by atoms with van der Waals surface area (Å²) in [7, 11) is 0. The Morgan fingerprint density at radius 2 is 2.24 bits per heavy atom. The molecule has 0 aliphatic carbocycles. The van der Waals surface area contributed by atoms with Crippen LogP contribution in [0.15, 0.2) is 0 Å². The number of carbonyl (C=O) groups excluding carboxylic acids is 1. The molecule has 1 aromatic rings. The zero-order valence-electron chi connectivity index (χ0n) is 8.89. The lowest BCUT2D eigenvalue weighted by molar-refractivity contribution is -0.385. The molecule has 17 heavy (non-hydrogen) atoms. The highest BCUT2D eigenvalue weighted by molar-refractivity contribution is 5.96. The fourth-order valence-corrected chi connectivity index (χ4v) is 1.17. The topological polar surface area (TPSA) is 138 Å². The molecule has 1 amide bonds. The number of H-pyrrole nitrogens is 1. The van der Waals surface area contributed by atoms with Gasteiger partial charge < -0.3 is 10.4 Å². The Bertz CT molecular complexity index is 466. The van der Waals surface area contributed by atoms with E-state index in [1.165, 1.54) is 6.92 Å². The van der Waals surface area contributed by atoms with Crippen LogP contribution in [-0.4, -0.2) is 38.6 Å². The van der Waals surface area contributed by atoms with E-state index in [0.717, 1.165) is 0 Å². The molecule has 0 atom stereocenters. The van der Waals surface area contributed by atoms with E-state index in [1.54, 1.807) is 0 Å². The molecule has 1 rings (SSSR count). The summed E-state index contributed by atoms with van der Waals surface area (Å²) >= 11 is 0. The maximum absolute atomic E-state index is 11.5. The van der Waals surface area contributed by atoms with Crippen LogP contribution in [0.1, 0.15) is 22.6 Å². The average molecular weight is 242 g/mol. The van der Waals surface area contributed by atoms with Crippen molar-refractivity contribution in [2.24, 2.45) is 0 Å². The monoisotopic (exact) mass is 242 g/mol. The van der Waals surface area contributed by atoms with Gasteiger partial charge in [-0.1, -0.05) is 0 Å². The summed E-state index contributed by atoms with van der Waals surface area (Å²) < 4.78 is 0. The number of carbonyl (C=O) groups is 2. The number of nitro groups is 1. The lowest BCUT2D eigenvalue weighted by atomic mass is 10.3. The summed E-state index contributed by atoms with van der Waals surface area (Å²) in [6.45, 7) is 1.30. The fourth-order valence-electron chi connectivity index (χ4n) is 1.17. The van der Waals surface area contributed by atoms with Gasteiger partial charge in [0.1, 0.15) is 5.69 Å². The smallest absolute Gasteiger partial charge is 0.322 e. The first-order valence-electron chi connectivity index (χ1n) is 4.62. The Morgan fingerprint density at radius 1 is 1.59 bits per heavy atom. The number of hydrogen-bond acceptors (Lipinski definition) is 5. The number of nitrogens with one attached hydrogen (secondary N) is 2. The van der Waals surface area contributed by atoms with Gasteiger partial charge in [-0.2, -0.15) is 5.10 Å². The third kappa shape index (κ3) is 3.00. The van der Waals surface area contributed by atoms with E-state index in [2.05, 4.69) is 15.5 Å². The van der Waals surface area contributed by atoms with Gasteiger partial charge in [0, 0.05) is 6.54 Å². The summed E-state index contributed by atoms with van der Waals surface area (Å²) in [6.07, 6.45) is -0.261. The number of nitrogens with zero attached hydrogens (tertiary/aromatic N) is 2. The van der Waals surface area contributed by atoms with Crippen LogP contribution in [0, 0.1) is 17.0 Å². The molecule has 0 unspecified atom stereocenters. The van der Waals surface area contributed by atoms with Crippen LogP contribution < -0.4 is 5.32 Å². The summed E-state index contributed by atoms with van der Waals surface area (Å²) in [6, 6.07) is 0. The number of aromatic nitrogens is 2. The number of aryl methyl sites for hydroxylation is 1. The highest BCUT2D eigenvalue weighted by Crippen LogP contribution is 2.19. The SMILES string of the molecule is Cc1[nH]nc(C(=O)NCCC(=O)O)c1[N+](=O)[O-]. The fraction of sp³-hybridized carbons (Fsp3) is 0.375. The van der Waals surface area contributed by atoms with Crippen LogP contribution in [0.5, 0.6) is 0 Å². The molecule has 0 bridgehead atoms. The van der Waals surface area contributed by atoms with Crippen molar-refractivity contribution in [3.05, 3.63) is 21.5 Å². The first kappa shape index (κ1) is 12.6. The summed E-state index contributed by atoms with van der Waals surface area (Å²) in [5.74, 6) is -1.85. The predicted molar refractivity (Wildman–Crippen MR) is 54.6 cm³/mol. The zero-order chi connectivity index (χ0) is 13.0. The molecule has 0 aliphatic heterocycles. The van der Waals surface area contributed by atoms with E-state index < -0.39 is 22.5 Å². The molecular formula is C8H10N4O5. The molecule has 0 spiro atoms. The summed E-state index contributed by atoms with van der Waals surface area (Å²) in [5.41, 5.74) is -0.589. The third-order valence-electron chi connectivity index (χ3n) is 1.94. The van der Waals surface area contributed by atoms with E-state index in [-0.39, 0.29) is 24.4 Å². The van der Waals surface area contributed by atoms with Gasteiger partial charge >= 0.3 is 11.7 Å². The second-order valence-corrected chi connectivity index (χ2v) is 3.20. The van der Waals surface area contributed by atoms with Crippen molar-refractivity contribution in [3.63, 3.8) is 0 Å². The van der Waals surface area contributed by atoms with E-state index >= 15 is 0 Å². The molecule has 1 heterocycles. The van der Waals surface area contributed by atoms with Crippen LogP contribution in [-0.2, 0) is 4.79 Å². The van der Waals surface area contributed by atoms with Gasteiger partial charge in [0.15, 0.2) is 0 Å². The Kier molecular flexibility index (Phi) is 3.75. The number of aliphatic carboxylic acids is 1. The minimum atomic E-state index is -1.07. The molecule has 0 saturated heterocycles. The Hall–Kier alpha value is -2.45. The van der Waals surface area contributed by atoms with Crippen LogP contribution >= 0.6 is 0 Å². The number of aromatic amines is 1. The number of carboxylic acid groups (broad SMARTS) is 1. The van der Waals surface area contributed by atoms with E-state index in [0.29, 0.717) is 0 Å². The van der Waals surface area contributed by atoms with E-state index in [1.807, 2.05) is 0 Å². The van der Waals surface area contributed by atoms with Crippen molar-refractivity contribution < 1.29 is 19.6 Å². The van der Waals surface area contributed by atoms with Gasteiger partial charge in [-0.25, -0.2) is 0 Å². The molecule has 0 radical (unpaired) electrons. The van der Waals surface area contributed by atoms with Crippen LogP contribution in [0.4, 0.5) is 5.69 Å². The highest BCUT2D eigenvalue weighted by Gasteiger charge is 2.26. The Balaban J connectivity index is 2.76. The maximum atomic E-state index is 11.5. The van der Waals surface area contributed by atoms with Crippen LogP contribution in [0.3, 0.4) is 0 Å². The molecule has 0 saturated carbocycles. The second-order valence-electron chi connectivity index (χ2n) is 3.20. The van der Waals surface area contributed by atoms with Crippen molar-refractivity contribution in [1.29, 1.82) is 0 Å². The maximum Gasteiger partial charge on any atom is 0.322 e. The van der Waals surface area contributed by atoms with Gasteiger partial charge in [0.2, 0.25) is 5.69 Å². The molecule has 92 valence electrons. The third-order valence-corrected chi connectivity index (χ3v) is 1.94. The first-order chi connectivity index (χ1) is 7.93. The summed E-state index contributed by atoms with van der Waals surface area (Å²) in [4.78, 5) is 31.6. The van der Waals surface area contributed by atoms with Crippen molar-refractivity contribution in [2.45, 2.75) is 13.3 Å². The molecule has 9 nitrogen and oxygen atoms in total. The van der Waals surface area contributed by atoms with Crippen molar-refractivity contribution in [1.82, 2.24) is 15.5 Å². The van der Waals surface area contributed by atoms with Gasteiger partial charge in [0.05, 0.1) is 11.3 Å². The molecule has 9 heteroatoms. The predicted octanol–water partition coefficient (Wildman–Crippen LogP) is -0.169. The molecule has 0 aliphatic rings. The lowest BCUT2D eigenvalue weighted by Crippen LogP contribution is -2.26. The second kappa shape index (κ2) is 5.05. The molecule has 3 N–H and O–H groups in total. The number of carboxylic acids is 1. The largest absolute Gasteiger partial charge is 0.481 e. The lowest BCUT2D eigenvalue weighted by Gasteiger charge is -1.99. The molecule has 0 aromatic carbocycles. The van der Waals surface area contributed by atoms with Gasteiger partial charge in [-0.15, -0.1) is 0 Å². The zero-order valence-corrected chi connectivity index (χ0v) is 8.89. The van der Waals surface area contributed by atoms with Crippen LogP contribution in [0.25, 0.3) is 0 Å². The van der Waals surface area contributed by atoms with Crippen LogP contribution in [0.2, 0.25) is 0 Å². The normalized spacial score (nSPS) is 9.94. The van der Waals surface area contributed by atoms with Gasteiger partial charge in [-0.05, 0) is 6.92 Å². The number of rotatable bonds is 5. The van der Waals surface area contributed by atoms with Gasteiger partial charge in [0.25, 0.3) is 5.91 Å². The Labute approximate surface area is 95.0 Å². The van der Waals surface area contributed by atoms with E-state index in [4.69, 9.17) is 5.11 Å². The minimum absolute atomic E-state index is 0.114. The highest BCUT2D eigenvalue weighted by atomic mass is 16.6. The number of hydrogen-bond donors (Lipinski definition) is 3. The Morgan fingerprint density at radius 3 is 2.76 bits per heavy atom. The quantitative estimate of drug-likeness (QED) is 0.484. The van der Waals surface area contributed by atoms with Crippen molar-refractivity contribution in [2.75, 3.05) is 6.54 Å². The standard InChI is InChI=1S/C8H10N4O5/c1-4-7(12(16)17)6(11-10-4)8(15)9-3-2-5(13)14/h2-3H2,1H3,(H,9,15)(H,10,11)(H,13,14). The van der Waals surface area contributed by atoms with E-state index in [9.17, 15) is 19.7 Å².